The molecule has 0 aromatic heterocycles. The Labute approximate surface area is 110 Å². The number of anilines is 2. The molecule has 0 fully saturated rings. The summed E-state index contributed by atoms with van der Waals surface area (Å²) in [4.78, 5) is 25.8. The number of nitrogens with one attached hydrogen (secondary N) is 1. The standard InChI is InChI=1S/C12H16N4O3/c1-14(2)5-6-15-8-12(17)13-10-7-9(16(18)19)3-4-11(10)15/h3-4,7H,5-6,8H2,1-2H3,(H,13,17). The highest BCUT2D eigenvalue weighted by Crippen LogP contribution is 2.32. The highest BCUT2D eigenvalue weighted by Gasteiger charge is 2.23. The normalized spacial score (nSPS) is 14.3. The fourth-order valence-corrected chi connectivity index (χ4v) is 1.98. The molecule has 1 heterocycles. The summed E-state index contributed by atoms with van der Waals surface area (Å²) in [7, 11) is 3.92. The van der Waals surface area contributed by atoms with Crippen LogP contribution in [0.1, 0.15) is 0 Å². The zero-order valence-corrected chi connectivity index (χ0v) is 10.9. The summed E-state index contributed by atoms with van der Waals surface area (Å²) in [5.41, 5.74) is 1.31. The number of amides is 1. The number of nitro groups is 1. The Morgan fingerprint density at radius 2 is 2.21 bits per heavy atom. The molecule has 7 heteroatoms. The van der Waals surface area contributed by atoms with Crippen LogP contribution < -0.4 is 10.2 Å². The van der Waals surface area contributed by atoms with Crippen LogP contribution in [0.15, 0.2) is 18.2 Å². The molecule has 0 saturated carbocycles. The molecule has 1 N–H and O–H groups in total. The van der Waals surface area contributed by atoms with E-state index in [1.54, 1.807) is 6.07 Å². The molecule has 0 radical (unpaired) electrons. The van der Waals surface area contributed by atoms with E-state index in [9.17, 15) is 14.9 Å². The van der Waals surface area contributed by atoms with Crippen molar-refractivity contribution in [2.45, 2.75) is 0 Å². The molecule has 1 aromatic rings. The Hall–Kier alpha value is -2.15. The smallest absolute Gasteiger partial charge is 0.271 e. The summed E-state index contributed by atoms with van der Waals surface area (Å²) >= 11 is 0. The largest absolute Gasteiger partial charge is 0.359 e. The number of hydrogen-bond acceptors (Lipinski definition) is 5. The molecule has 1 aliphatic rings. The minimum Gasteiger partial charge on any atom is -0.359 e. The van der Waals surface area contributed by atoms with E-state index in [0.717, 1.165) is 12.2 Å². The predicted molar refractivity (Wildman–Crippen MR) is 72.5 cm³/mol. The minimum absolute atomic E-state index is 0.0199. The lowest BCUT2D eigenvalue weighted by Gasteiger charge is -2.31. The lowest BCUT2D eigenvalue weighted by atomic mass is 10.1. The Kier molecular flexibility index (Phi) is 3.66. The third-order valence-corrected chi connectivity index (χ3v) is 2.96. The topological polar surface area (TPSA) is 78.7 Å². The number of fused-ring (bicyclic) bond motifs is 1. The predicted octanol–water partition coefficient (Wildman–Crippen LogP) is 0.915. The van der Waals surface area contributed by atoms with Gasteiger partial charge in [0.05, 0.1) is 22.8 Å². The highest BCUT2D eigenvalue weighted by molar-refractivity contribution is 6.01. The van der Waals surface area contributed by atoms with Crippen molar-refractivity contribution >= 4 is 23.0 Å². The van der Waals surface area contributed by atoms with Gasteiger partial charge in [-0.15, -0.1) is 0 Å². The van der Waals surface area contributed by atoms with Crippen LogP contribution in [-0.4, -0.2) is 49.5 Å². The van der Waals surface area contributed by atoms with Crippen molar-refractivity contribution in [3.8, 4) is 0 Å². The van der Waals surface area contributed by atoms with Gasteiger partial charge in [-0.05, 0) is 20.2 Å². The average Bonchev–Trinajstić information content (AvgIpc) is 2.34. The van der Waals surface area contributed by atoms with E-state index in [2.05, 4.69) is 5.32 Å². The van der Waals surface area contributed by atoms with Crippen molar-refractivity contribution in [3.05, 3.63) is 28.3 Å². The Balaban J connectivity index is 2.27. The number of hydrogen-bond donors (Lipinski definition) is 1. The van der Waals surface area contributed by atoms with Crippen molar-refractivity contribution in [1.29, 1.82) is 0 Å². The fourth-order valence-electron chi connectivity index (χ4n) is 1.98. The lowest BCUT2D eigenvalue weighted by Crippen LogP contribution is -2.41. The number of rotatable bonds is 4. The molecule has 1 aliphatic heterocycles. The second-order valence-electron chi connectivity index (χ2n) is 4.73. The van der Waals surface area contributed by atoms with E-state index in [1.165, 1.54) is 12.1 Å². The van der Waals surface area contributed by atoms with Crippen LogP contribution >= 0.6 is 0 Å². The van der Waals surface area contributed by atoms with Gasteiger partial charge in [0.15, 0.2) is 0 Å². The monoisotopic (exact) mass is 264 g/mol. The SMILES string of the molecule is CN(C)CCN1CC(=O)Nc2cc([N+](=O)[O-])ccc21. The second-order valence-corrected chi connectivity index (χ2v) is 4.73. The zero-order chi connectivity index (χ0) is 14.0. The fraction of sp³-hybridized carbons (Fsp3) is 0.417. The highest BCUT2D eigenvalue weighted by atomic mass is 16.6. The quantitative estimate of drug-likeness (QED) is 0.646. The van der Waals surface area contributed by atoms with E-state index >= 15 is 0 Å². The molecule has 1 amide bonds. The van der Waals surface area contributed by atoms with Gasteiger partial charge in [0.1, 0.15) is 0 Å². The van der Waals surface area contributed by atoms with E-state index in [1.807, 2.05) is 23.9 Å². The van der Waals surface area contributed by atoms with Crippen LogP contribution in [0.3, 0.4) is 0 Å². The van der Waals surface area contributed by atoms with Crippen LogP contribution in [0.5, 0.6) is 0 Å². The lowest BCUT2D eigenvalue weighted by molar-refractivity contribution is -0.384. The third-order valence-electron chi connectivity index (χ3n) is 2.96. The van der Waals surface area contributed by atoms with Crippen LogP contribution in [0, 0.1) is 10.1 Å². The van der Waals surface area contributed by atoms with Crippen molar-refractivity contribution in [2.24, 2.45) is 0 Å². The van der Waals surface area contributed by atoms with Crippen LogP contribution in [0.25, 0.3) is 0 Å². The second kappa shape index (κ2) is 5.23. The Morgan fingerprint density at radius 3 is 2.84 bits per heavy atom. The van der Waals surface area contributed by atoms with Crippen LogP contribution in [-0.2, 0) is 4.79 Å². The Bertz CT molecular complexity index is 516. The van der Waals surface area contributed by atoms with Crippen molar-refractivity contribution in [2.75, 3.05) is 43.9 Å². The molecule has 1 aromatic carbocycles. The van der Waals surface area contributed by atoms with Crippen LogP contribution in [0.4, 0.5) is 17.1 Å². The number of non-ortho nitro benzene ring substituents is 1. The van der Waals surface area contributed by atoms with Gasteiger partial charge < -0.3 is 15.1 Å². The summed E-state index contributed by atoms with van der Waals surface area (Å²) in [5.74, 6) is -0.147. The molecule has 0 spiro atoms. The average molecular weight is 264 g/mol. The van der Waals surface area contributed by atoms with Gasteiger partial charge in [-0.1, -0.05) is 0 Å². The van der Waals surface area contributed by atoms with Crippen molar-refractivity contribution in [3.63, 3.8) is 0 Å². The van der Waals surface area contributed by atoms with Crippen molar-refractivity contribution in [1.82, 2.24) is 4.90 Å². The van der Waals surface area contributed by atoms with Gasteiger partial charge in [0.2, 0.25) is 5.91 Å². The summed E-state index contributed by atoms with van der Waals surface area (Å²) in [5, 5.41) is 13.4. The van der Waals surface area contributed by atoms with Gasteiger partial charge in [-0.3, -0.25) is 14.9 Å². The molecule has 0 saturated heterocycles. The summed E-state index contributed by atoms with van der Waals surface area (Å²) in [6.45, 7) is 1.79. The molecular weight excluding hydrogens is 248 g/mol. The molecule has 2 rings (SSSR count). The van der Waals surface area contributed by atoms with E-state index in [-0.39, 0.29) is 18.1 Å². The van der Waals surface area contributed by atoms with Gasteiger partial charge in [-0.25, -0.2) is 0 Å². The maximum Gasteiger partial charge on any atom is 0.271 e. The number of likely N-dealkylation sites (N-methyl/N-ethyl adjacent to an activating group) is 1. The van der Waals surface area contributed by atoms with E-state index in [0.29, 0.717) is 12.2 Å². The molecule has 19 heavy (non-hydrogen) atoms. The summed E-state index contributed by atoms with van der Waals surface area (Å²) in [6, 6.07) is 4.54. The molecule has 0 aliphatic carbocycles. The Morgan fingerprint density at radius 1 is 1.47 bits per heavy atom. The van der Waals surface area contributed by atoms with Gasteiger partial charge >= 0.3 is 0 Å². The van der Waals surface area contributed by atoms with Crippen molar-refractivity contribution < 1.29 is 9.72 Å². The first-order valence-corrected chi connectivity index (χ1v) is 5.95. The van der Waals surface area contributed by atoms with Gasteiger partial charge in [0.25, 0.3) is 5.69 Å². The zero-order valence-electron chi connectivity index (χ0n) is 10.9. The van der Waals surface area contributed by atoms with Gasteiger partial charge in [-0.2, -0.15) is 0 Å². The first-order chi connectivity index (χ1) is 8.97. The number of benzene rings is 1. The molecule has 0 bridgehead atoms. The molecule has 0 unspecified atom stereocenters. The molecule has 102 valence electrons. The third kappa shape index (κ3) is 3.00. The first-order valence-electron chi connectivity index (χ1n) is 5.95. The summed E-state index contributed by atoms with van der Waals surface area (Å²) < 4.78 is 0. The number of nitrogens with zero attached hydrogens (tertiary/aromatic N) is 3. The first kappa shape index (κ1) is 13.3. The van der Waals surface area contributed by atoms with E-state index < -0.39 is 4.92 Å². The number of nitro benzene ring substituents is 1. The maximum absolute atomic E-state index is 11.6. The molecule has 7 nitrogen and oxygen atoms in total. The molecule has 0 atom stereocenters. The maximum atomic E-state index is 11.6. The minimum atomic E-state index is -0.467. The van der Waals surface area contributed by atoms with Crippen LogP contribution in [0.2, 0.25) is 0 Å². The number of carbonyl (C=O) groups excluding carboxylic acids is 1. The molecular formula is C12H16N4O3. The van der Waals surface area contributed by atoms with E-state index in [4.69, 9.17) is 0 Å². The number of carbonyl (C=O) groups is 1. The summed E-state index contributed by atoms with van der Waals surface area (Å²) in [6.07, 6.45) is 0. The van der Waals surface area contributed by atoms with Gasteiger partial charge in [0, 0.05) is 25.2 Å².